The van der Waals surface area contributed by atoms with Crippen molar-refractivity contribution in [2.24, 2.45) is 0 Å². The van der Waals surface area contributed by atoms with Gasteiger partial charge >= 0.3 is 6.03 Å². The summed E-state index contributed by atoms with van der Waals surface area (Å²) in [4.78, 5) is 16.6. The summed E-state index contributed by atoms with van der Waals surface area (Å²) in [5.74, 6) is 0. The number of aromatic nitrogens is 2. The summed E-state index contributed by atoms with van der Waals surface area (Å²) in [5, 5.41) is 11.5. The molecule has 2 amide bonds. The second-order valence-electron chi connectivity index (χ2n) is 5.97. The Morgan fingerprint density at radius 3 is 2.87 bits per heavy atom. The molecule has 0 radical (unpaired) electrons. The summed E-state index contributed by atoms with van der Waals surface area (Å²) in [6.07, 6.45) is 3.66. The van der Waals surface area contributed by atoms with Crippen molar-refractivity contribution in [2.45, 2.75) is 26.1 Å². The van der Waals surface area contributed by atoms with Crippen LogP contribution in [0, 0.1) is 0 Å². The number of carbonyl (C=O) groups excluding carboxylic acids is 1. The fourth-order valence-corrected chi connectivity index (χ4v) is 3.45. The molecule has 0 aliphatic carbocycles. The number of amides is 2. The molecule has 1 aliphatic heterocycles. The van der Waals surface area contributed by atoms with Crippen LogP contribution in [0.2, 0.25) is 0 Å². The van der Waals surface area contributed by atoms with Gasteiger partial charge in [0.05, 0.1) is 6.54 Å². The lowest BCUT2D eigenvalue weighted by molar-refractivity contribution is 0.133. The van der Waals surface area contributed by atoms with Crippen molar-refractivity contribution in [1.29, 1.82) is 0 Å². The average molecular weight is 333 g/mol. The highest BCUT2D eigenvalue weighted by Gasteiger charge is 2.22. The lowest BCUT2D eigenvalue weighted by atomic mass is 10.2. The second-order valence-corrected chi connectivity index (χ2v) is 6.75. The Morgan fingerprint density at radius 2 is 2.22 bits per heavy atom. The number of carbonyl (C=O) groups is 1. The van der Waals surface area contributed by atoms with E-state index in [9.17, 15) is 4.79 Å². The lowest BCUT2D eigenvalue weighted by Gasteiger charge is -2.35. The van der Waals surface area contributed by atoms with Crippen LogP contribution < -0.4 is 5.32 Å². The van der Waals surface area contributed by atoms with Gasteiger partial charge in [0.15, 0.2) is 0 Å². The summed E-state index contributed by atoms with van der Waals surface area (Å²) in [5.41, 5.74) is 1.36. The first-order valence-corrected chi connectivity index (χ1v) is 8.91. The second kappa shape index (κ2) is 7.61. The van der Waals surface area contributed by atoms with E-state index in [4.69, 9.17) is 0 Å². The molecule has 0 saturated carbocycles. The Morgan fingerprint density at radius 1 is 1.39 bits per heavy atom. The summed E-state index contributed by atoms with van der Waals surface area (Å²) in [7, 11) is 0. The molecule has 6 nitrogen and oxygen atoms in total. The number of nitrogens with zero attached hydrogens (tertiary/aromatic N) is 4. The number of piperazine rings is 1. The molecule has 2 aromatic heterocycles. The molecule has 1 aliphatic rings. The smallest absolute Gasteiger partial charge is 0.317 e. The molecular weight excluding hydrogens is 310 g/mol. The van der Waals surface area contributed by atoms with Crippen LogP contribution in [0.4, 0.5) is 4.79 Å². The normalized spacial score (nSPS) is 17.2. The average Bonchev–Trinajstić information content (AvgIpc) is 3.21. The number of hydrogen-bond acceptors (Lipinski definition) is 4. The van der Waals surface area contributed by atoms with E-state index in [0.717, 1.165) is 32.7 Å². The van der Waals surface area contributed by atoms with Crippen molar-refractivity contribution >= 4 is 17.4 Å². The van der Waals surface area contributed by atoms with E-state index in [1.807, 2.05) is 28.8 Å². The Bertz CT molecular complexity index is 590. The third-order valence-corrected chi connectivity index (χ3v) is 4.77. The fraction of sp³-hybridized carbons (Fsp3) is 0.500. The van der Waals surface area contributed by atoms with Gasteiger partial charge in [0.25, 0.3) is 0 Å². The van der Waals surface area contributed by atoms with E-state index in [1.54, 1.807) is 17.5 Å². The van der Waals surface area contributed by atoms with Gasteiger partial charge in [-0.25, -0.2) is 4.79 Å². The van der Waals surface area contributed by atoms with Crippen LogP contribution in [0.1, 0.15) is 12.5 Å². The van der Waals surface area contributed by atoms with Crippen LogP contribution in [-0.4, -0.2) is 57.8 Å². The van der Waals surface area contributed by atoms with E-state index < -0.39 is 0 Å². The number of nitrogens with one attached hydrogen (secondary N) is 1. The molecule has 23 heavy (non-hydrogen) atoms. The minimum Gasteiger partial charge on any atom is -0.334 e. The Kier molecular flexibility index (Phi) is 5.30. The van der Waals surface area contributed by atoms with Crippen LogP contribution in [-0.2, 0) is 13.1 Å². The molecule has 0 spiro atoms. The number of urea groups is 1. The summed E-state index contributed by atoms with van der Waals surface area (Å²) in [6.45, 7) is 7.10. The first-order valence-electron chi connectivity index (χ1n) is 7.97. The first-order chi connectivity index (χ1) is 11.2. The third-order valence-electron chi connectivity index (χ3n) is 4.04. The van der Waals surface area contributed by atoms with Crippen molar-refractivity contribution < 1.29 is 4.79 Å². The quantitative estimate of drug-likeness (QED) is 0.909. The summed E-state index contributed by atoms with van der Waals surface area (Å²) in [6, 6.07) is 4.15. The van der Waals surface area contributed by atoms with Crippen LogP contribution in [0.3, 0.4) is 0 Å². The van der Waals surface area contributed by atoms with E-state index in [2.05, 4.69) is 32.1 Å². The molecule has 0 bridgehead atoms. The molecule has 3 rings (SSSR count). The van der Waals surface area contributed by atoms with Gasteiger partial charge in [-0.2, -0.15) is 16.4 Å². The molecule has 1 N–H and O–H groups in total. The maximum absolute atomic E-state index is 12.3. The highest BCUT2D eigenvalue weighted by atomic mass is 32.1. The Balaban J connectivity index is 1.41. The van der Waals surface area contributed by atoms with Crippen LogP contribution in [0.15, 0.2) is 35.3 Å². The molecule has 1 atom stereocenters. The van der Waals surface area contributed by atoms with E-state index in [1.165, 1.54) is 5.56 Å². The van der Waals surface area contributed by atoms with Gasteiger partial charge in [-0.3, -0.25) is 9.58 Å². The maximum Gasteiger partial charge on any atom is 0.317 e. The van der Waals surface area contributed by atoms with Gasteiger partial charge in [-0.15, -0.1) is 0 Å². The van der Waals surface area contributed by atoms with Gasteiger partial charge in [-0.1, -0.05) is 0 Å². The van der Waals surface area contributed by atoms with E-state index in [-0.39, 0.29) is 12.1 Å². The zero-order chi connectivity index (χ0) is 16.1. The van der Waals surface area contributed by atoms with Crippen molar-refractivity contribution in [3.8, 4) is 0 Å². The Hall–Kier alpha value is -1.86. The molecule has 2 aromatic rings. The minimum atomic E-state index is 0.0276. The van der Waals surface area contributed by atoms with Gasteiger partial charge in [0.1, 0.15) is 0 Å². The highest BCUT2D eigenvalue weighted by molar-refractivity contribution is 7.07. The molecule has 1 saturated heterocycles. The molecule has 3 heterocycles. The number of hydrogen-bond donors (Lipinski definition) is 1. The van der Waals surface area contributed by atoms with Crippen molar-refractivity contribution in [3.05, 3.63) is 40.8 Å². The van der Waals surface area contributed by atoms with E-state index >= 15 is 0 Å². The molecule has 1 unspecified atom stereocenters. The van der Waals surface area contributed by atoms with Gasteiger partial charge in [0, 0.05) is 51.2 Å². The SMILES string of the molecule is CC(Cn1cccn1)NC(=O)N1CCN(Cc2ccsc2)CC1. The lowest BCUT2D eigenvalue weighted by Crippen LogP contribution is -2.53. The largest absolute Gasteiger partial charge is 0.334 e. The maximum atomic E-state index is 12.3. The molecule has 1 fully saturated rings. The highest BCUT2D eigenvalue weighted by Crippen LogP contribution is 2.11. The first kappa shape index (κ1) is 16.0. The Labute approximate surface area is 140 Å². The standard InChI is InChI=1S/C16H23N5OS/c1-14(11-21-5-2-4-17-21)18-16(22)20-8-6-19(7-9-20)12-15-3-10-23-13-15/h2-5,10,13-14H,6-9,11-12H2,1H3,(H,18,22). The molecular formula is C16H23N5OS. The molecule has 0 aromatic carbocycles. The van der Waals surface area contributed by atoms with Crippen LogP contribution in [0.5, 0.6) is 0 Å². The van der Waals surface area contributed by atoms with Crippen molar-refractivity contribution in [2.75, 3.05) is 26.2 Å². The monoisotopic (exact) mass is 333 g/mol. The van der Waals surface area contributed by atoms with Crippen molar-refractivity contribution in [1.82, 2.24) is 24.9 Å². The minimum absolute atomic E-state index is 0.0276. The van der Waals surface area contributed by atoms with Crippen molar-refractivity contribution in [3.63, 3.8) is 0 Å². The molecule has 7 heteroatoms. The number of thiophene rings is 1. The summed E-state index contributed by atoms with van der Waals surface area (Å²) >= 11 is 1.73. The third kappa shape index (κ3) is 4.56. The number of rotatable bonds is 5. The van der Waals surface area contributed by atoms with Gasteiger partial charge in [-0.05, 0) is 35.4 Å². The summed E-state index contributed by atoms with van der Waals surface area (Å²) < 4.78 is 1.84. The predicted molar refractivity (Wildman–Crippen MR) is 91.4 cm³/mol. The van der Waals surface area contributed by atoms with E-state index in [0.29, 0.717) is 6.54 Å². The van der Waals surface area contributed by atoms with Crippen LogP contribution >= 0.6 is 11.3 Å². The zero-order valence-corrected chi connectivity index (χ0v) is 14.2. The fourth-order valence-electron chi connectivity index (χ4n) is 2.79. The zero-order valence-electron chi connectivity index (χ0n) is 13.4. The van der Waals surface area contributed by atoms with Crippen LogP contribution in [0.25, 0.3) is 0 Å². The van der Waals surface area contributed by atoms with Gasteiger partial charge < -0.3 is 10.2 Å². The predicted octanol–water partition coefficient (Wildman–Crippen LogP) is 1.86. The van der Waals surface area contributed by atoms with Gasteiger partial charge in [0.2, 0.25) is 0 Å². The topological polar surface area (TPSA) is 53.4 Å². The molecule has 124 valence electrons.